The summed E-state index contributed by atoms with van der Waals surface area (Å²) in [5.41, 5.74) is 5.93. The summed E-state index contributed by atoms with van der Waals surface area (Å²) in [6.45, 7) is 5.19. The van der Waals surface area contributed by atoms with E-state index in [-0.39, 0.29) is 11.9 Å². The molecular formula is C26H25N3O5. The molecule has 2 aromatic carbocycles. The second-order valence-corrected chi connectivity index (χ2v) is 8.43. The summed E-state index contributed by atoms with van der Waals surface area (Å²) in [4.78, 5) is 30.4. The quantitative estimate of drug-likeness (QED) is 0.446. The number of benzene rings is 2. The molecule has 0 unspecified atom stereocenters. The number of nitrogens with zero attached hydrogens (tertiary/aromatic N) is 2. The Bertz CT molecular complexity index is 1360. The van der Waals surface area contributed by atoms with Crippen molar-refractivity contribution in [2.45, 2.75) is 33.4 Å². The van der Waals surface area contributed by atoms with Crippen LogP contribution in [-0.2, 0) is 24.3 Å². The largest absolute Gasteiger partial charge is 0.489 e. The van der Waals surface area contributed by atoms with Gasteiger partial charge in [0.2, 0.25) is 0 Å². The number of carbonyl (C=O) groups excluding carboxylic acids is 2. The van der Waals surface area contributed by atoms with Crippen molar-refractivity contribution in [1.29, 1.82) is 0 Å². The second-order valence-electron chi connectivity index (χ2n) is 8.43. The molecular weight excluding hydrogens is 434 g/mol. The summed E-state index contributed by atoms with van der Waals surface area (Å²) in [5, 5.41) is 4.88. The number of ether oxygens (including phenoxy) is 2. The molecule has 2 aromatic heterocycles. The predicted molar refractivity (Wildman–Crippen MR) is 125 cm³/mol. The Morgan fingerprint density at radius 1 is 1.12 bits per heavy atom. The minimum absolute atomic E-state index is 0.0404. The first-order valence-corrected chi connectivity index (χ1v) is 11.1. The van der Waals surface area contributed by atoms with Crippen molar-refractivity contribution in [3.05, 3.63) is 81.9 Å². The molecule has 0 saturated carbocycles. The number of hydrogen-bond donors (Lipinski definition) is 1. The van der Waals surface area contributed by atoms with E-state index in [1.807, 2.05) is 30.9 Å². The molecule has 1 N–H and O–H groups in total. The number of nitrogens with one attached hydrogen (secondary N) is 1. The summed E-state index contributed by atoms with van der Waals surface area (Å²) in [6, 6.07) is 12.6. The molecule has 0 bridgehead atoms. The van der Waals surface area contributed by atoms with E-state index in [4.69, 9.17) is 14.0 Å². The number of carbonyl (C=O) groups is 2. The van der Waals surface area contributed by atoms with Gasteiger partial charge in [-0.25, -0.2) is 4.79 Å². The van der Waals surface area contributed by atoms with E-state index < -0.39 is 0 Å². The molecule has 8 nitrogen and oxygen atoms in total. The maximum absolute atomic E-state index is 13.2. The summed E-state index contributed by atoms with van der Waals surface area (Å²) in [7, 11) is 1.37. The van der Waals surface area contributed by atoms with Gasteiger partial charge in [0.25, 0.3) is 5.91 Å². The Kier molecular flexibility index (Phi) is 5.57. The lowest BCUT2D eigenvalue weighted by atomic mass is 10.0. The van der Waals surface area contributed by atoms with Gasteiger partial charge in [0.05, 0.1) is 23.9 Å². The van der Waals surface area contributed by atoms with Crippen LogP contribution >= 0.6 is 0 Å². The van der Waals surface area contributed by atoms with E-state index in [9.17, 15) is 9.59 Å². The lowest BCUT2D eigenvalue weighted by Crippen LogP contribution is -2.35. The van der Waals surface area contributed by atoms with Crippen LogP contribution in [0.2, 0.25) is 0 Å². The number of fused-ring (bicyclic) bond motifs is 3. The second kappa shape index (κ2) is 8.70. The lowest BCUT2D eigenvalue weighted by molar-refractivity contribution is 0.0600. The molecule has 1 aliphatic heterocycles. The Balaban J connectivity index is 1.31. The molecule has 0 radical (unpaired) electrons. The van der Waals surface area contributed by atoms with Crippen molar-refractivity contribution >= 4 is 22.8 Å². The van der Waals surface area contributed by atoms with Crippen LogP contribution in [0.15, 0.2) is 47.0 Å². The van der Waals surface area contributed by atoms with Gasteiger partial charge in [0.15, 0.2) is 0 Å². The van der Waals surface area contributed by atoms with Crippen molar-refractivity contribution in [2.24, 2.45) is 0 Å². The van der Waals surface area contributed by atoms with E-state index in [0.29, 0.717) is 36.6 Å². The van der Waals surface area contributed by atoms with Gasteiger partial charge >= 0.3 is 5.97 Å². The third-order valence-corrected chi connectivity index (χ3v) is 6.35. The van der Waals surface area contributed by atoms with Crippen molar-refractivity contribution < 1.29 is 23.6 Å². The van der Waals surface area contributed by atoms with Gasteiger partial charge in [-0.15, -0.1) is 0 Å². The first kappa shape index (κ1) is 21.8. The fraction of sp³-hybridized carbons (Fsp3) is 0.269. The lowest BCUT2D eigenvalue weighted by Gasteiger charge is -2.27. The molecule has 0 spiro atoms. The predicted octanol–water partition coefficient (Wildman–Crippen LogP) is 4.34. The Hall–Kier alpha value is -4.07. The highest BCUT2D eigenvalue weighted by Crippen LogP contribution is 2.30. The van der Waals surface area contributed by atoms with Gasteiger partial charge in [0, 0.05) is 47.2 Å². The number of methoxy groups -OCH3 is 1. The molecule has 174 valence electrons. The molecule has 1 aliphatic rings. The highest BCUT2D eigenvalue weighted by atomic mass is 16.5. The molecule has 8 heteroatoms. The molecule has 3 heterocycles. The molecule has 1 amide bonds. The summed E-state index contributed by atoms with van der Waals surface area (Å²) >= 11 is 0. The number of rotatable bonds is 5. The molecule has 0 aliphatic carbocycles. The Morgan fingerprint density at radius 2 is 1.88 bits per heavy atom. The first-order valence-electron chi connectivity index (χ1n) is 11.1. The molecule has 0 fully saturated rings. The SMILES string of the molecule is COC(=O)c1ccc2[nH]c3c(c2c1)CN(C(=O)c1ccc(OCc2c(C)noc2C)cc1)CC3. The van der Waals surface area contributed by atoms with E-state index in [0.717, 1.165) is 45.6 Å². The summed E-state index contributed by atoms with van der Waals surface area (Å²) < 4.78 is 15.9. The minimum atomic E-state index is -0.378. The van der Waals surface area contributed by atoms with Gasteiger partial charge < -0.3 is 23.9 Å². The normalized spacial score (nSPS) is 13.1. The smallest absolute Gasteiger partial charge is 0.337 e. The maximum Gasteiger partial charge on any atom is 0.337 e. The van der Waals surface area contributed by atoms with Crippen LogP contribution in [0, 0.1) is 13.8 Å². The van der Waals surface area contributed by atoms with Crippen LogP contribution in [0.3, 0.4) is 0 Å². The number of H-pyrrole nitrogens is 1. The third kappa shape index (κ3) is 3.91. The first-order chi connectivity index (χ1) is 16.4. The fourth-order valence-corrected chi connectivity index (χ4v) is 4.37. The van der Waals surface area contributed by atoms with Crippen LogP contribution < -0.4 is 4.74 Å². The van der Waals surface area contributed by atoms with Gasteiger partial charge in [-0.1, -0.05) is 5.16 Å². The number of aromatic amines is 1. The van der Waals surface area contributed by atoms with Gasteiger partial charge in [-0.2, -0.15) is 0 Å². The maximum atomic E-state index is 13.2. The monoisotopic (exact) mass is 459 g/mol. The zero-order chi connectivity index (χ0) is 23.8. The van der Waals surface area contributed by atoms with Gasteiger partial charge in [0.1, 0.15) is 18.1 Å². The molecule has 34 heavy (non-hydrogen) atoms. The zero-order valence-electron chi connectivity index (χ0n) is 19.3. The number of aryl methyl sites for hydroxylation is 2. The fourth-order valence-electron chi connectivity index (χ4n) is 4.37. The molecule has 0 atom stereocenters. The van der Waals surface area contributed by atoms with Crippen LogP contribution in [0.25, 0.3) is 10.9 Å². The van der Waals surface area contributed by atoms with E-state index in [1.54, 1.807) is 30.3 Å². The van der Waals surface area contributed by atoms with Crippen LogP contribution in [0.1, 0.15) is 49.0 Å². The van der Waals surface area contributed by atoms with Crippen molar-refractivity contribution in [1.82, 2.24) is 15.0 Å². The third-order valence-electron chi connectivity index (χ3n) is 6.35. The molecule has 4 aromatic rings. The van der Waals surface area contributed by atoms with E-state index in [2.05, 4.69) is 10.1 Å². The average Bonchev–Trinajstić information content (AvgIpc) is 3.39. The number of aromatic nitrogens is 2. The molecule has 0 saturated heterocycles. The summed E-state index contributed by atoms with van der Waals surface area (Å²) in [5.74, 6) is 0.993. The van der Waals surface area contributed by atoms with Crippen LogP contribution in [0.4, 0.5) is 0 Å². The minimum Gasteiger partial charge on any atom is -0.489 e. The highest BCUT2D eigenvalue weighted by Gasteiger charge is 2.25. The Morgan fingerprint density at radius 3 is 2.59 bits per heavy atom. The van der Waals surface area contributed by atoms with E-state index >= 15 is 0 Å². The van der Waals surface area contributed by atoms with Crippen molar-refractivity contribution in [3.8, 4) is 5.75 Å². The Labute approximate surface area is 196 Å². The van der Waals surface area contributed by atoms with Crippen molar-refractivity contribution in [2.75, 3.05) is 13.7 Å². The van der Waals surface area contributed by atoms with Crippen molar-refractivity contribution in [3.63, 3.8) is 0 Å². The van der Waals surface area contributed by atoms with E-state index in [1.165, 1.54) is 7.11 Å². The zero-order valence-corrected chi connectivity index (χ0v) is 19.3. The standard InChI is InChI=1S/C26H25N3O5/c1-15-22(16(2)34-28-15)14-33-19-7-4-17(5-8-19)25(30)29-11-10-24-21(13-29)20-12-18(26(31)32-3)6-9-23(20)27-24/h4-9,12,27H,10-11,13-14H2,1-3H3. The van der Waals surface area contributed by atoms with Crippen LogP contribution in [0.5, 0.6) is 5.75 Å². The number of amides is 1. The average molecular weight is 460 g/mol. The topological polar surface area (TPSA) is 97.7 Å². The van der Waals surface area contributed by atoms with Gasteiger partial charge in [-0.05, 0) is 56.3 Å². The highest BCUT2D eigenvalue weighted by molar-refractivity contribution is 5.97. The van der Waals surface area contributed by atoms with Gasteiger partial charge in [-0.3, -0.25) is 4.79 Å². The number of hydrogen-bond acceptors (Lipinski definition) is 6. The summed E-state index contributed by atoms with van der Waals surface area (Å²) in [6.07, 6.45) is 0.724. The van der Waals surface area contributed by atoms with Crippen LogP contribution in [-0.4, -0.2) is 40.6 Å². The number of esters is 1. The molecule has 5 rings (SSSR count).